The predicted molar refractivity (Wildman–Crippen MR) is 62.6 cm³/mol. The number of fused-ring (bicyclic) bond motifs is 1. The van der Waals surface area contributed by atoms with Gasteiger partial charge in [0.25, 0.3) is 0 Å². The van der Waals surface area contributed by atoms with Crippen LogP contribution in [0.2, 0.25) is 0 Å². The summed E-state index contributed by atoms with van der Waals surface area (Å²) in [5.41, 5.74) is 7.52. The second kappa shape index (κ2) is 4.25. The van der Waals surface area contributed by atoms with Crippen molar-refractivity contribution in [2.45, 2.75) is 19.4 Å². The van der Waals surface area contributed by atoms with Crippen LogP contribution in [-0.4, -0.2) is 22.7 Å². The van der Waals surface area contributed by atoms with Crippen molar-refractivity contribution in [3.05, 3.63) is 23.3 Å². The molecular weight excluding hydrogens is 220 g/mol. The summed E-state index contributed by atoms with van der Waals surface area (Å²) in [5, 5.41) is 21.7. The van der Waals surface area contributed by atoms with E-state index in [2.05, 4.69) is 5.32 Å². The molecule has 0 aliphatic carbocycles. The van der Waals surface area contributed by atoms with E-state index in [0.717, 1.165) is 11.1 Å². The maximum atomic E-state index is 11.6. The van der Waals surface area contributed by atoms with Crippen LogP contribution in [0.5, 0.6) is 11.5 Å². The number of carbonyl (C=O) groups is 1. The van der Waals surface area contributed by atoms with Gasteiger partial charge < -0.3 is 21.3 Å². The quantitative estimate of drug-likeness (QED) is 0.490. The molecule has 5 N–H and O–H groups in total. The third-order valence-electron chi connectivity index (χ3n) is 3.11. The number of aromatic hydroxyl groups is 2. The molecule has 2 rings (SSSR count). The standard InChI is InChI=1S/C12H16N2O3/c1-6-2-7-3-10(15)11(16)4-8(7)9(13)5-14-12(6)17/h3-4,6,9,15-16H,2,5,13H2,1H3,(H,14,17)/t6-,9-/m1/s1. The first-order valence-electron chi connectivity index (χ1n) is 5.57. The third-order valence-corrected chi connectivity index (χ3v) is 3.11. The van der Waals surface area contributed by atoms with Crippen LogP contribution in [-0.2, 0) is 11.2 Å². The molecule has 1 aliphatic heterocycles. The van der Waals surface area contributed by atoms with E-state index < -0.39 is 0 Å². The number of hydrogen-bond donors (Lipinski definition) is 4. The van der Waals surface area contributed by atoms with E-state index in [9.17, 15) is 15.0 Å². The zero-order valence-electron chi connectivity index (χ0n) is 9.60. The summed E-state index contributed by atoms with van der Waals surface area (Å²) in [6.07, 6.45) is 0.503. The van der Waals surface area contributed by atoms with Crippen LogP contribution in [0.25, 0.3) is 0 Å². The van der Waals surface area contributed by atoms with Crippen molar-refractivity contribution in [1.29, 1.82) is 0 Å². The summed E-state index contributed by atoms with van der Waals surface area (Å²) >= 11 is 0. The molecule has 1 aliphatic rings. The molecular formula is C12H16N2O3. The van der Waals surface area contributed by atoms with E-state index in [1.165, 1.54) is 12.1 Å². The highest BCUT2D eigenvalue weighted by molar-refractivity contribution is 5.79. The van der Waals surface area contributed by atoms with Crippen molar-refractivity contribution >= 4 is 5.91 Å². The summed E-state index contributed by atoms with van der Waals surface area (Å²) in [5.74, 6) is -0.577. The summed E-state index contributed by atoms with van der Waals surface area (Å²) in [6.45, 7) is 2.15. The van der Waals surface area contributed by atoms with Crippen LogP contribution >= 0.6 is 0 Å². The Kier molecular flexibility index (Phi) is 2.93. The number of phenolic OH excluding ortho intramolecular Hbond substituents is 2. The van der Waals surface area contributed by atoms with Gasteiger partial charge in [0, 0.05) is 18.5 Å². The number of hydrogen-bond acceptors (Lipinski definition) is 4. The van der Waals surface area contributed by atoms with Crippen LogP contribution < -0.4 is 11.1 Å². The topological polar surface area (TPSA) is 95.6 Å². The minimum Gasteiger partial charge on any atom is -0.504 e. The van der Waals surface area contributed by atoms with Gasteiger partial charge in [0.15, 0.2) is 11.5 Å². The Bertz CT molecular complexity index is 459. The van der Waals surface area contributed by atoms with Crippen molar-refractivity contribution in [3.8, 4) is 11.5 Å². The van der Waals surface area contributed by atoms with Gasteiger partial charge in [-0.3, -0.25) is 4.79 Å². The highest BCUT2D eigenvalue weighted by Crippen LogP contribution is 2.32. The predicted octanol–water partition coefficient (Wildman–Crippen LogP) is 0.406. The third kappa shape index (κ3) is 2.19. The van der Waals surface area contributed by atoms with E-state index >= 15 is 0 Å². The molecule has 0 aromatic heterocycles. The van der Waals surface area contributed by atoms with Gasteiger partial charge in [-0.15, -0.1) is 0 Å². The summed E-state index contributed by atoms with van der Waals surface area (Å²) in [6, 6.07) is 2.59. The van der Waals surface area contributed by atoms with Crippen LogP contribution in [0.4, 0.5) is 0 Å². The molecule has 0 spiro atoms. The number of amides is 1. The van der Waals surface area contributed by atoms with Crippen molar-refractivity contribution in [1.82, 2.24) is 5.32 Å². The largest absolute Gasteiger partial charge is 0.504 e. The Morgan fingerprint density at radius 1 is 1.35 bits per heavy atom. The zero-order chi connectivity index (χ0) is 12.6. The molecule has 0 bridgehead atoms. The number of nitrogens with two attached hydrogens (primary N) is 1. The van der Waals surface area contributed by atoms with Gasteiger partial charge in [-0.25, -0.2) is 0 Å². The summed E-state index contributed by atoms with van der Waals surface area (Å²) in [4.78, 5) is 11.6. The van der Waals surface area contributed by atoms with Gasteiger partial charge in [0.05, 0.1) is 0 Å². The average Bonchev–Trinajstić information content (AvgIpc) is 2.28. The van der Waals surface area contributed by atoms with Crippen molar-refractivity contribution in [3.63, 3.8) is 0 Å². The molecule has 0 fully saturated rings. The van der Waals surface area contributed by atoms with Gasteiger partial charge in [0.2, 0.25) is 5.91 Å². The Hall–Kier alpha value is -1.75. The van der Waals surface area contributed by atoms with E-state index in [1.807, 2.05) is 6.92 Å². The van der Waals surface area contributed by atoms with Crippen LogP contribution in [0, 0.1) is 5.92 Å². The fourth-order valence-electron chi connectivity index (χ4n) is 2.08. The first-order valence-corrected chi connectivity index (χ1v) is 5.57. The Labute approximate surface area is 99.3 Å². The summed E-state index contributed by atoms with van der Waals surface area (Å²) in [7, 11) is 0. The Morgan fingerprint density at radius 3 is 2.71 bits per heavy atom. The van der Waals surface area contributed by atoms with Gasteiger partial charge in [-0.2, -0.15) is 0 Å². The van der Waals surface area contributed by atoms with Crippen molar-refractivity contribution < 1.29 is 15.0 Å². The molecule has 1 amide bonds. The van der Waals surface area contributed by atoms with Gasteiger partial charge in [-0.05, 0) is 29.7 Å². The van der Waals surface area contributed by atoms with Crippen LogP contribution in [0.1, 0.15) is 24.1 Å². The Morgan fingerprint density at radius 2 is 2.00 bits per heavy atom. The van der Waals surface area contributed by atoms with Crippen LogP contribution in [0.15, 0.2) is 12.1 Å². The van der Waals surface area contributed by atoms with Gasteiger partial charge >= 0.3 is 0 Å². The number of phenols is 2. The van der Waals surface area contributed by atoms with Crippen LogP contribution in [0.3, 0.4) is 0 Å². The maximum absolute atomic E-state index is 11.6. The van der Waals surface area contributed by atoms with E-state index in [-0.39, 0.29) is 29.4 Å². The minimum atomic E-state index is -0.368. The maximum Gasteiger partial charge on any atom is 0.223 e. The second-order valence-corrected chi connectivity index (χ2v) is 4.50. The SMILES string of the molecule is C[C@@H]1Cc2cc(O)c(O)cc2[C@H](N)CNC1=O. The first-order chi connectivity index (χ1) is 7.99. The lowest BCUT2D eigenvalue weighted by Crippen LogP contribution is -2.38. The fourth-order valence-corrected chi connectivity index (χ4v) is 2.08. The highest BCUT2D eigenvalue weighted by atomic mass is 16.3. The number of rotatable bonds is 0. The number of carbonyl (C=O) groups excluding carboxylic acids is 1. The molecule has 92 valence electrons. The monoisotopic (exact) mass is 236 g/mol. The smallest absolute Gasteiger partial charge is 0.223 e. The Balaban J connectivity index is 2.47. The van der Waals surface area contributed by atoms with Gasteiger partial charge in [0.1, 0.15) is 0 Å². The molecule has 1 heterocycles. The van der Waals surface area contributed by atoms with Gasteiger partial charge in [-0.1, -0.05) is 6.92 Å². The minimum absolute atomic E-state index is 0.0429. The molecule has 1 aromatic carbocycles. The summed E-state index contributed by atoms with van der Waals surface area (Å²) < 4.78 is 0. The lowest BCUT2D eigenvalue weighted by atomic mass is 9.90. The van der Waals surface area contributed by atoms with Crippen molar-refractivity contribution in [2.75, 3.05) is 6.54 Å². The van der Waals surface area contributed by atoms with Crippen molar-refractivity contribution in [2.24, 2.45) is 11.7 Å². The first kappa shape index (κ1) is 11.7. The fraction of sp³-hybridized carbons (Fsp3) is 0.417. The lowest BCUT2D eigenvalue weighted by Gasteiger charge is -2.24. The van der Waals surface area contributed by atoms with E-state index in [1.54, 1.807) is 0 Å². The molecule has 2 atom stereocenters. The molecule has 0 saturated heterocycles. The number of nitrogens with one attached hydrogen (secondary N) is 1. The van der Waals surface area contributed by atoms with E-state index in [0.29, 0.717) is 13.0 Å². The molecule has 0 unspecified atom stereocenters. The molecule has 5 heteroatoms. The second-order valence-electron chi connectivity index (χ2n) is 4.50. The molecule has 17 heavy (non-hydrogen) atoms. The molecule has 5 nitrogen and oxygen atoms in total. The highest BCUT2D eigenvalue weighted by Gasteiger charge is 2.23. The normalized spacial score (nSPS) is 24.5. The van der Waals surface area contributed by atoms with E-state index in [4.69, 9.17) is 5.73 Å². The molecule has 0 saturated carbocycles. The molecule has 0 radical (unpaired) electrons. The lowest BCUT2D eigenvalue weighted by molar-refractivity contribution is -0.124. The molecule has 1 aromatic rings. The number of benzene rings is 1. The average molecular weight is 236 g/mol. The zero-order valence-corrected chi connectivity index (χ0v) is 9.60.